The Morgan fingerprint density at radius 1 is 1.10 bits per heavy atom. The van der Waals surface area contributed by atoms with Crippen molar-refractivity contribution < 1.29 is 13.2 Å². The highest BCUT2D eigenvalue weighted by atomic mass is 79.9. The SMILES string of the molecule is CCn1ccc2cc(NC(=O)c3cc(S(=O)(=O)N4CCCC4)ccc3Br)ccc21. The van der Waals surface area contributed by atoms with Gasteiger partial charge in [0.15, 0.2) is 0 Å². The largest absolute Gasteiger partial charge is 0.348 e. The van der Waals surface area contributed by atoms with Crippen LogP contribution in [0.3, 0.4) is 0 Å². The fourth-order valence-corrected chi connectivity index (χ4v) is 5.64. The number of rotatable bonds is 5. The Bertz CT molecular complexity index is 1180. The lowest BCUT2D eigenvalue weighted by Crippen LogP contribution is -2.28. The first kappa shape index (κ1) is 20.1. The van der Waals surface area contributed by atoms with Crippen molar-refractivity contribution in [3.8, 4) is 0 Å². The summed E-state index contributed by atoms with van der Waals surface area (Å²) in [6.07, 6.45) is 3.75. The Morgan fingerprint density at radius 3 is 2.59 bits per heavy atom. The number of hydrogen-bond acceptors (Lipinski definition) is 3. The molecule has 1 aliphatic heterocycles. The summed E-state index contributed by atoms with van der Waals surface area (Å²) in [7, 11) is -3.58. The van der Waals surface area contributed by atoms with E-state index in [9.17, 15) is 13.2 Å². The number of aromatic nitrogens is 1. The molecule has 1 N–H and O–H groups in total. The number of halogens is 1. The molecule has 2 aromatic carbocycles. The van der Waals surface area contributed by atoms with E-state index in [1.54, 1.807) is 6.07 Å². The minimum atomic E-state index is -3.58. The Labute approximate surface area is 178 Å². The van der Waals surface area contributed by atoms with Gasteiger partial charge in [-0.3, -0.25) is 4.79 Å². The minimum Gasteiger partial charge on any atom is -0.348 e. The first-order chi connectivity index (χ1) is 13.9. The van der Waals surface area contributed by atoms with Crippen molar-refractivity contribution in [2.24, 2.45) is 0 Å². The molecule has 152 valence electrons. The van der Waals surface area contributed by atoms with Gasteiger partial charge < -0.3 is 9.88 Å². The molecule has 3 aromatic rings. The molecule has 4 rings (SSSR count). The van der Waals surface area contributed by atoms with Gasteiger partial charge in [0.2, 0.25) is 10.0 Å². The van der Waals surface area contributed by atoms with Crippen LogP contribution < -0.4 is 5.32 Å². The summed E-state index contributed by atoms with van der Waals surface area (Å²) >= 11 is 3.37. The number of carbonyl (C=O) groups is 1. The first-order valence-corrected chi connectivity index (χ1v) is 11.8. The predicted octanol–water partition coefficient (Wildman–Crippen LogP) is 4.46. The molecule has 8 heteroatoms. The molecule has 1 aliphatic rings. The topological polar surface area (TPSA) is 71.4 Å². The maximum Gasteiger partial charge on any atom is 0.256 e. The summed E-state index contributed by atoms with van der Waals surface area (Å²) < 4.78 is 29.8. The Hall–Kier alpha value is -2.16. The predicted molar refractivity (Wildman–Crippen MR) is 118 cm³/mol. The van der Waals surface area contributed by atoms with Crippen LogP contribution in [0.5, 0.6) is 0 Å². The molecule has 2 heterocycles. The van der Waals surface area contributed by atoms with E-state index in [1.165, 1.54) is 16.4 Å². The minimum absolute atomic E-state index is 0.142. The van der Waals surface area contributed by atoms with E-state index >= 15 is 0 Å². The van der Waals surface area contributed by atoms with Gasteiger partial charge in [0.1, 0.15) is 0 Å². The van der Waals surface area contributed by atoms with E-state index < -0.39 is 10.0 Å². The molecule has 0 unspecified atom stereocenters. The normalized spacial score (nSPS) is 15.1. The van der Waals surface area contributed by atoms with Gasteiger partial charge in [-0.1, -0.05) is 0 Å². The second-order valence-corrected chi connectivity index (χ2v) is 9.87. The van der Waals surface area contributed by atoms with Gasteiger partial charge in [-0.2, -0.15) is 4.31 Å². The number of hydrogen-bond donors (Lipinski definition) is 1. The third-order valence-electron chi connectivity index (χ3n) is 5.25. The van der Waals surface area contributed by atoms with Crippen molar-refractivity contribution in [1.29, 1.82) is 0 Å². The number of benzene rings is 2. The molecular weight excluding hydrogens is 454 g/mol. The number of carbonyl (C=O) groups excluding carboxylic acids is 1. The van der Waals surface area contributed by atoms with E-state index in [1.807, 2.05) is 30.5 Å². The van der Waals surface area contributed by atoms with Gasteiger partial charge in [-0.05, 0) is 78.2 Å². The van der Waals surface area contributed by atoms with Crippen molar-refractivity contribution >= 4 is 48.5 Å². The zero-order chi connectivity index (χ0) is 20.6. The molecule has 1 aromatic heterocycles. The van der Waals surface area contributed by atoms with Gasteiger partial charge in [0.05, 0.1) is 10.5 Å². The summed E-state index contributed by atoms with van der Waals surface area (Å²) in [5, 5.41) is 3.92. The van der Waals surface area contributed by atoms with Crippen molar-refractivity contribution in [3.63, 3.8) is 0 Å². The molecule has 0 spiro atoms. The number of nitrogens with one attached hydrogen (secondary N) is 1. The number of sulfonamides is 1. The van der Waals surface area contributed by atoms with E-state index in [-0.39, 0.29) is 16.4 Å². The van der Waals surface area contributed by atoms with Crippen LogP contribution in [0.15, 0.2) is 58.0 Å². The molecule has 1 saturated heterocycles. The number of fused-ring (bicyclic) bond motifs is 1. The lowest BCUT2D eigenvalue weighted by Gasteiger charge is -2.16. The lowest BCUT2D eigenvalue weighted by atomic mass is 10.2. The average Bonchev–Trinajstić information content (AvgIpc) is 3.38. The summed E-state index contributed by atoms with van der Waals surface area (Å²) in [6, 6.07) is 12.3. The van der Waals surface area contributed by atoms with Gasteiger partial charge in [-0.15, -0.1) is 0 Å². The summed E-state index contributed by atoms with van der Waals surface area (Å²) in [5.74, 6) is -0.357. The number of nitrogens with zero attached hydrogens (tertiary/aromatic N) is 2. The molecule has 0 aliphatic carbocycles. The van der Waals surface area contributed by atoms with Crippen molar-refractivity contribution in [2.75, 3.05) is 18.4 Å². The standard InChI is InChI=1S/C21H22BrN3O3S/c1-2-24-12-9-15-13-16(5-8-20(15)24)23-21(26)18-14-17(6-7-19(18)22)29(27,28)25-10-3-4-11-25/h5-9,12-14H,2-4,10-11H2,1H3,(H,23,26). The van der Waals surface area contributed by atoms with E-state index in [0.717, 1.165) is 30.3 Å². The van der Waals surface area contributed by atoms with Crippen molar-refractivity contribution in [2.45, 2.75) is 31.2 Å². The van der Waals surface area contributed by atoms with E-state index in [2.05, 4.69) is 32.7 Å². The second kappa shape index (κ2) is 7.93. The first-order valence-electron chi connectivity index (χ1n) is 9.60. The number of aryl methyl sites for hydroxylation is 1. The van der Waals surface area contributed by atoms with Crippen LogP contribution in [0.25, 0.3) is 10.9 Å². The maximum atomic E-state index is 12.9. The molecule has 0 bridgehead atoms. The van der Waals surface area contributed by atoms with Gasteiger partial charge in [-0.25, -0.2) is 8.42 Å². The Kier molecular flexibility index (Phi) is 5.50. The fraction of sp³-hybridized carbons (Fsp3) is 0.286. The molecule has 0 saturated carbocycles. The fourth-order valence-electron chi connectivity index (χ4n) is 3.67. The van der Waals surface area contributed by atoms with Crippen molar-refractivity contribution in [1.82, 2.24) is 8.87 Å². The highest BCUT2D eigenvalue weighted by Crippen LogP contribution is 2.27. The molecular formula is C21H22BrN3O3S. The number of anilines is 1. The zero-order valence-electron chi connectivity index (χ0n) is 16.1. The lowest BCUT2D eigenvalue weighted by molar-refractivity contribution is 0.102. The molecule has 0 atom stereocenters. The highest BCUT2D eigenvalue weighted by molar-refractivity contribution is 9.10. The molecule has 29 heavy (non-hydrogen) atoms. The summed E-state index contributed by atoms with van der Waals surface area (Å²) in [5.41, 5.74) is 2.05. The third-order valence-corrected chi connectivity index (χ3v) is 7.84. The Morgan fingerprint density at radius 2 is 1.86 bits per heavy atom. The second-order valence-electron chi connectivity index (χ2n) is 7.08. The summed E-state index contributed by atoms with van der Waals surface area (Å²) in [6.45, 7) is 4.00. The van der Waals surface area contributed by atoms with Crippen LogP contribution in [-0.2, 0) is 16.6 Å². The van der Waals surface area contributed by atoms with Crippen LogP contribution >= 0.6 is 15.9 Å². The Balaban J connectivity index is 1.61. The van der Waals surface area contributed by atoms with Crippen molar-refractivity contribution in [3.05, 3.63) is 58.7 Å². The smallest absolute Gasteiger partial charge is 0.256 e. The van der Waals surface area contributed by atoms with Crippen LogP contribution in [0, 0.1) is 0 Å². The maximum absolute atomic E-state index is 12.9. The number of amides is 1. The quantitative estimate of drug-likeness (QED) is 0.591. The van der Waals surface area contributed by atoms with E-state index in [0.29, 0.717) is 23.2 Å². The zero-order valence-corrected chi connectivity index (χ0v) is 18.5. The average molecular weight is 476 g/mol. The van der Waals surface area contributed by atoms with Crippen LogP contribution in [0.1, 0.15) is 30.1 Å². The monoisotopic (exact) mass is 475 g/mol. The van der Waals surface area contributed by atoms with Gasteiger partial charge in [0, 0.05) is 46.9 Å². The molecule has 1 fully saturated rings. The van der Waals surface area contributed by atoms with Gasteiger partial charge >= 0.3 is 0 Å². The van der Waals surface area contributed by atoms with Crippen LogP contribution in [0.4, 0.5) is 5.69 Å². The molecule has 6 nitrogen and oxygen atoms in total. The van der Waals surface area contributed by atoms with Crippen LogP contribution in [-0.4, -0.2) is 36.3 Å². The highest BCUT2D eigenvalue weighted by Gasteiger charge is 2.28. The summed E-state index contributed by atoms with van der Waals surface area (Å²) in [4.78, 5) is 13.0. The van der Waals surface area contributed by atoms with Crippen LogP contribution in [0.2, 0.25) is 0 Å². The van der Waals surface area contributed by atoms with Gasteiger partial charge in [0.25, 0.3) is 5.91 Å². The van der Waals surface area contributed by atoms with E-state index in [4.69, 9.17) is 0 Å². The molecule has 1 amide bonds. The molecule has 0 radical (unpaired) electrons. The third kappa shape index (κ3) is 3.84.